The molecule has 0 saturated carbocycles. The minimum Gasteiger partial charge on any atom is -0.318 e. The molecule has 0 amide bonds. The second-order valence-electron chi connectivity index (χ2n) is 3.52. The molecule has 2 aromatic rings. The third-order valence-electron chi connectivity index (χ3n) is 2.37. The predicted molar refractivity (Wildman–Crippen MR) is 69.8 cm³/mol. The van der Waals surface area contributed by atoms with Gasteiger partial charge >= 0.3 is 0 Å². The number of nitrogens with zero attached hydrogens (tertiary/aromatic N) is 1. The van der Waals surface area contributed by atoms with E-state index in [1.807, 2.05) is 25.1 Å². The zero-order chi connectivity index (χ0) is 11.2. The molecule has 0 aliphatic carbocycles. The fraction of sp³-hybridized carbons (Fsp3) is 0.0667. The molecular weight excluding hydrogens is 194 g/mol. The fourth-order valence-corrected chi connectivity index (χ4v) is 1.65. The molecule has 0 heterocycles. The van der Waals surface area contributed by atoms with Gasteiger partial charge in [-0.25, -0.2) is 0 Å². The zero-order valence-electron chi connectivity index (χ0n) is 9.38. The van der Waals surface area contributed by atoms with Crippen molar-refractivity contribution in [2.45, 2.75) is 6.92 Å². The van der Waals surface area contributed by atoms with Crippen LogP contribution < -0.4 is 4.90 Å². The van der Waals surface area contributed by atoms with E-state index in [2.05, 4.69) is 59.6 Å². The Balaban J connectivity index is 2.39. The van der Waals surface area contributed by atoms with E-state index in [0.29, 0.717) is 0 Å². The largest absolute Gasteiger partial charge is 0.318 e. The molecule has 0 N–H and O–H groups in total. The van der Waals surface area contributed by atoms with Crippen LogP contribution in [0.25, 0.3) is 0 Å². The van der Waals surface area contributed by atoms with Crippen molar-refractivity contribution in [1.29, 1.82) is 0 Å². The van der Waals surface area contributed by atoms with Crippen molar-refractivity contribution in [2.24, 2.45) is 0 Å². The van der Waals surface area contributed by atoms with Gasteiger partial charge in [0.25, 0.3) is 0 Å². The summed E-state index contributed by atoms with van der Waals surface area (Å²) in [6.07, 6.45) is 4.12. The van der Waals surface area contributed by atoms with Crippen molar-refractivity contribution in [2.75, 3.05) is 4.90 Å². The van der Waals surface area contributed by atoms with Crippen LogP contribution in [0.2, 0.25) is 0 Å². The molecule has 0 spiro atoms. The van der Waals surface area contributed by atoms with Crippen LogP contribution >= 0.6 is 0 Å². The van der Waals surface area contributed by atoms with E-state index in [1.54, 1.807) is 0 Å². The van der Waals surface area contributed by atoms with Crippen LogP contribution in [-0.2, 0) is 0 Å². The normalized spacial score (nSPS) is 10.6. The fourth-order valence-electron chi connectivity index (χ4n) is 1.65. The van der Waals surface area contributed by atoms with E-state index >= 15 is 0 Å². The average molecular weight is 209 g/mol. The van der Waals surface area contributed by atoms with Gasteiger partial charge in [0.15, 0.2) is 0 Å². The van der Waals surface area contributed by atoms with Crippen molar-refractivity contribution in [3.8, 4) is 0 Å². The summed E-state index contributed by atoms with van der Waals surface area (Å²) in [5.41, 5.74) is 2.35. The minimum atomic E-state index is 1.17. The van der Waals surface area contributed by atoms with Crippen LogP contribution in [0.1, 0.15) is 6.92 Å². The van der Waals surface area contributed by atoms with Gasteiger partial charge in [-0.2, -0.15) is 0 Å². The third-order valence-corrected chi connectivity index (χ3v) is 2.37. The van der Waals surface area contributed by atoms with E-state index in [-0.39, 0.29) is 0 Å². The summed E-state index contributed by atoms with van der Waals surface area (Å²) in [6.45, 7) is 2.03. The molecule has 0 aliphatic heterocycles. The van der Waals surface area contributed by atoms with Gasteiger partial charge in [0.2, 0.25) is 0 Å². The minimum absolute atomic E-state index is 1.17. The van der Waals surface area contributed by atoms with Crippen LogP contribution in [-0.4, -0.2) is 0 Å². The van der Waals surface area contributed by atoms with E-state index in [4.69, 9.17) is 0 Å². The number of benzene rings is 2. The maximum absolute atomic E-state index is 2.17. The Morgan fingerprint density at radius 2 is 1.19 bits per heavy atom. The molecule has 0 unspecified atom stereocenters. The molecule has 0 fully saturated rings. The number of para-hydroxylation sites is 2. The Morgan fingerprint density at radius 3 is 1.56 bits per heavy atom. The first-order valence-electron chi connectivity index (χ1n) is 5.44. The van der Waals surface area contributed by atoms with Gasteiger partial charge in [0, 0.05) is 17.6 Å². The lowest BCUT2D eigenvalue weighted by Gasteiger charge is -2.20. The highest BCUT2D eigenvalue weighted by atomic mass is 15.1. The first-order chi connectivity index (χ1) is 7.92. The number of hydrogen-bond donors (Lipinski definition) is 0. The molecule has 0 aliphatic rings. The van der Waals surface area contributed by atoms with Gasteiger partial charge in [-0.05, 0) is 31.2 Å². The third kappa shape index (κ3) is 2.31. The lowest BCUT2D eigenvalue weighted by atomic mass is 10.2. The second kappa shape index (κ2) is 5.17. The van der Waals surface area contributed by atoms with Gasteiger partial charge in [-0.3, -0.25) is 0 Å². The number of anilines is 2. The van der Waals surface area contributed by atoms with Crippen molar-refractivity contribution < 1.29 is 0 Å². The Morgan fingerprint density at radius 1 is 0.750 bits per heavy atom. The Bertz CT molecular complexity index is 406. The Labute approximate surface area is 96.7 Å². The highest BCUT2D eigenvalue weighted by Crippen LogP contribution is 2.24. The topological polar surface area (TPSA) is 3.24 Å². The van der Waals surface area contributed by atoms with Crippen molar-refractivity contribution in [3.63, 3.8) is 0 Å². The lowest BCUT2D eigenvalue weighted by Crippen LogP contribution is -2.07. The molecule has 0 radical (unpaired) electrons. The summed E-state index contributed by atoms with van der Waals surface area (Å²) in [5, 5.41) is 0. The van der Waals surface area contributed by atoms with E-state index < -0.39 is 0 Å². The maximum atomic E-state index is 2.17. The molecule has 0 atom stereocenters. The SMILES string of the molecule is C/C=C/N(c1ccccc1)c1ccccc1. The summed E-state index contributed by atoms with van der Waals surface area (Å²) < 4.78 is 0. The van der Waals surface area contributed by atoms with Gasteiger partial charge in [0.05, 0.1) is 0 Å². The zero-order valence-corrected chi connectivity index (χ0v) is 9.38. The predicted octanol–water partition coefficient (Wildman–Crippen LogP) is 4.36. The van der Waals surface area contributed by atoms with Crippen LogP contribution in [0.5, 0.6) is 0 Å². The Hall–Kier alpha value is -2.02. The molecule has 0 bridgehead atoms. The summed E-state index contributed by atoms with van der Waals surface area (Å²) in [7, 11) is 0. The monoisotopic (exact) mass is 209 g/mol. The molecule has 16 heavy (non-hydrogen) atoms. The number of rotatable bonds is 3. The van der Waals surface area contributed by atoms with Crippen molar-refractivity contribution in [3.05, 3.63) is 72.9 Å². The van der Waals surface area contributed by atoms with Crippen LogP contribution in [0, 0.1) is 0 Å². The van der Waals surface area contributed by atoms with Crippen LogP contribution in [0.15, 0.2) is 72.9 Å². The van der Waals surface area contributed by atoms with E-state index in [0.717, 1.165) is 0 Å². The van der Waals surface area contributed by atoms with Gasteiger partial charge in [-0.15, -0.1) is 0 Å². The average Bonchev–Trinajstić information content (AvgIpc) is 2.38. The van der Waals surface area contributed by atoms with Gasteiger partial charge < -0.3 is 4.90 Å². The number of hydrogen-bond acceptors (Lipinski definition) is 1. The molecule has 80 valence electrons. The Kier molecular flexibility index (Phi) is 3.39. The smallest absolute Gasteiger partial charge is 0.0455 e. The molecule has 0 aromatic heterocycles. The molecule has 0 saturated heterocycles. The first-order valence-corrected chi connectivity index (χ1v) is 5.44. The molecule has 1 nitrogen and oxygen atoms in total. The van der Waals surface area contributed by atoms with Crippen LogP contribution in [0.3, 0.4) is 0 Å². The highest BCUT2D eigenvalue weighted by molar-refractivity contribution is 5.65. The molecule has 2 aromatic carbocycles. The molecule has 1 heteroatoms. The van der Waals surface area contributed by atoms with Gasteiger partial charge in [0.1, 0.15) is 0 Å². The lowest BCUT2D eigenvalue weighted by molar-refractivity contribution is 1.27. The summed E-state index contributed by atoms with van der Waals surface area (Å²) >= 11 is 0. The molecular formula is C15H15N. The highest BCUT2D eigenvalue weighted by Gasteiger charge is 2.03. The standard InChI is InChI=1S/C15H15N/c1-2-13-16(14-9-5-3-6-10-14)15-11-7-4-8-12-15/h2-13H,1H3/b13-2+. The van der Waals surface area contributed by atoms with Crippen molar-refractivity contribution >= 4 is 11.4 Å². The second-order valence-corrected chi connectivity index (χ2v) is 3.52. The van der Waals surface area contributed by atoms with Crippen molar-refractivity contribution in [1.82, 2.24) is 0 Å². The van der Waals surface area contributed by atoms with E-state index in [9.17, 15) is 0 Å². The first kappa shape index (κ1) is 10.5. The quantitative estimate of drug-likeness (QED) is 0.726. The summed E-state index contributed by atoms with van der Waals surface area (Å²) in [6, 6.07) is 20.7. The van der Waals surface area contributed by atoms with E-state index in [1.165, 1.54) is 11.4 Å². The van der Waals surface area contributed by atoms with Crippen LogP contribution in [0.4, 0.5) is 11.4 Å². The maximum Gasteiger partial charge on any atom is 0.0455 e. The summed E-state index contributed by atoms with van der Waals surface area (Å²) in [4.78, 5) is 2.17. The van der Waals surface area contributed by atoms with Gasteiger partial charge in [-0.1, -0.05) is 42.5 Å². The summed E-state index contributed by atoms with van der Waals surface area (Å²) in [5.74, 6) is 0. The molecule has 2 rings (SSSR count). The number of allylic oxidation sites excluding steroid dienone is 1.